The lowest BCUT2D eigenvalue weighted by Crippen LogP contribution is -2.08. The minimum Gasteiger partial charge on any atom is -0.469 e. The van der Waals surface area contributed by atoms with Crippen molar-refractivity contribution in [3.05, 3.63) is 82.2 Å². The Bertz CT molecular complexity index is 665. The van der Waals surface area contributed by atoms with Crippen molar-refractivity contribution in [1.82, 2.24) is 5.32 Å². The Hall–Kier alpha value is -2.07. The standard InChI is InChI=1S/C17H14BrNO2/c18-14-8-6-12(7-9-14)15(20)10-17-19-11-16(21-17)13-4-2-1-3-5-13/h1-10,16,19H,11H2/b17-10-/t16-/m0/s1. The smallest absolute Gasteiger partial charge is 0.191 e. The summed E-state index contributed by atoms with van der Waals surface area (Å²) in [6.45, 7) is 0.670. The van der Waals surface area contributed by atoms with Crippen LogP contribution in [0.2, 0.25) is 0 Å². The Balaban J connectivity index is 1.71. The molecule has 2 aromatic carbocycles. The summed E-state index contributed by atoms with van der Waals surface area (Å²) < 4.78 is 6.73. The Morgan fingerprint density at radius 1 is 1.14 bits per heavy atom. The highest BCUT2D eigenvalue weighted by atomic mass is 79.9. The zero-order chi connectivity index (χ0) is 14.7. The van der Waals surface area contributed by atoms with Gasteiger partial charge in [-0.2, -0.15) is 0 Å². The highest BCUT2D eigenvalue weighted by Gasteiger charge is 2.22. The van der Waals surface area contributed by atoms with E-state index < -0.39 is 0 Å². The Morgan fingerprint density at radius 2 is 1.86 bits per heavy atom. The summed E-state index contributed by atoms with van der Waals surface area (Å²) >= 11 is 3.35. The van der Waals surface area contributed by atoms with Gasteiger partial charge in [-0.3, -0.25) is 4.79 Å². The van der Waals surface area contributed by atoms with Crippen molar-refractivity contribution in [3.63, 3.8) is 0 Å². The lowest BCUT2D eigenvalue weighted by molar-refractivity contribution is 0.103. The third kappa shape index (κ3) is 3.34. The van der Waals surface area contributed by atoms with Gasteiger partial charge in [-0.15, -0.1) is 0 Å². The first-order valence-corrected chi connectivity index (χ1v) is 7.49. The maximum absolute atomic E-state index is 12.1. The minimum absolute atomic E-state index is 0.0461. The van der Waals surface area contributed by atoms with Crippen molar-refractivity contribution >= 4 is 21.7 Å². The average Bonchev–Trinajstić information content (AvgIpc) is 2.97. The number of carbonyl (C=O) groups is 1. The van der Waals surface area contributed by atoms with Crippen molar-refractivity contribution in [1.29, 1.82) is 0 Å². The normalized spacial score (nSPS) is 19.1. The molecular weight excluding hydrogens is 330 g/mol. The van der Waals surface area contributed by atoms with Crippen LogP contribution in [0.15, 0.2) is 71.0 Å². The fraction of sp³-hybridized carbons (Fsp3) is 0.118. The molecule has 4 heteroatoms. The van der Waals surface area contributed by atoms with Gasteiger partial charge in [0.05, 0.1) is 6.54 Å². The molecule has 3 rings (SSSR count). The third-order valence-corrected chi connectivity index (χ3v) is 3.82. The fourth-order valence-corrected chi connectivity index (χ4v) is 2.45. The van der Waals surface area contributed by atoms with Crippen LogP contribution in [0.5, 0.6) is 0 Å². The molecular formula is C17H14BrNO2. The number of hydrogen-bond donors (Lipinski definition) is 1. The molecule has 1 atom stereocenters. The number of carbonyl (C=O) groups excluding carboxylic acids is 1. The van der Waals surface area contributed by atoms with E-state index in [9.17, 15) is 4.79 Å². The van der Waals surface area contributed by atoms with Crippen LogP contribution in [0.1, 0.15) is 22.0 Å². The third-order valence-electron chi connectivity index (χ3n) is 3.29. The van der Waals surface area contributed by atoms with Gasteiger partial charge in [-0.05, 0) is 29.8 Å². The molecule has 0 amide bonds. The molecule has 0 radical (unpaired) electrons. The topological polar surface area (TPSA) is 38.3 Å². The monoisotopic (exact) mass is 343 g/mol. The molecule has 1 fully saturated rings. The van der Waals surface area contributed by atoms with Gasteiger partial charge in [0.25, 0.3) is 0 Å². The number of halogens is 1. The largest absolute Gasteiger partial charge is 0.469 e. The summed E-state index contributed by atoms with van der Waals surface area (Å²) in [5.74, 6) is 0.454. The summed E-state index contributed by atoms with van der Waals surface area (Å²) in [5.41, 5.74) is 1.74. The van der Waals surface area contributed by atoms with Crippen LogP contribution in [0.25, 0.3) is 0 Å². The second-order valence-corrected chi connectivity index (χ2v) is 5.69. The van der Waals surface area contributed by atoms with Gasteiger partial charge in [-0.1, -0.05) is 46.3 Å². The molecule has 2 aromatic rings. The van der Waals surface area contributed by atoms with Gasteiger partial charge < -0.3 is 10.1 Å². The molecule has 1 N–H and O–H groups in total. The van der Waals surface area contributed by atoms with E-state index in [4.69, 9.17) is 4.74 Å². The summed E-state index contributed by atoms with van der Waals surface area (Å²) in [4.78, 5) is 12.1. The molecule has 0 spiro atoms. The summed E-state index contributed by atoms with van der Waals surface area (Å²) in [5, 5.41) is 3.13. The second kappa shape index (κ2) is 6.14. The first-order chi connectivity index (χ1) is 10.2. The molecule has 1 heterocycles. The predicted molar refractivity (Wildman–Crippen MR) is 84.8 cm³/mol. The predicted octanol–water partition coefficient (Wildman–Crippen LogP) is 3.83. The highest BCUT2D eigenvalue weighted by molar-refractivity contribution is 9.10. The molecule has 0 aliphatic carbocycles. The lowest BCUT2D eigenvalue weighted by Gasteiger charge is -2.08. The van der Waals surface area contributed by atoms with Gasteiger partial charge in [-0.25, -0.2) is 0 Å². The number of benzene rings is 2. The maximum Gasteiger partial charge on any atom is 0.191 e. The summed E-state index contributed by atoms with van der Waals surface area (Å²) in [6, 6.07) is 17.2. The van der Waals surface area contributed by atoms with Crippen LogP contribution in [0, 0.1) is 0 Å². The quantitative estimate of drug-likeness (QED) is 0.679. The molecule has 106 valence electrons. The molecule has 0 aromatic heterocycles. The molecule has 1 saturated heterocycles. The Morgan fingerprint density at radius 3 is 2.57 bits per heavy atom. The lowest BCUT2D eigenvalue weighted by atomic mass is 10.1. The van der Waals surface area contributed by atoms with Crippen LogP contribution in [-0.4, -0.2) is 12.3 Å². The fourth-order valence-electron chi connectivity index (χ4n) is 2.19. The van der Waals surface area contributed by atoms with Crippen LogP contribution in [0.4, 0.5) is 0 Å². The molecule has 21 heavy (non-hydrogen) atoms. The van der Waals surface area contributed by atoms with Crippen LogP contribution in [0.3, 0.4) is 0 Å². The Labute approximate surface area is 131 Å². The van der Waals surface area contributed by atoms with Crippen LogP contribution < -0.4 is 5.32 Å². The highest BCUT2D eigenvalue weighted by Crippen LogP contribution is 2.24. The van der Waals surface area contributed by atoms with Crippen molar-refractivity contribution < 1.29 is 9.53 Å². The van der Waals surface area contributed by atoms with E-state index in [-0.39, 0.29) is 11.9 Å². The zero-order valence-electron chi connectivity index (χ0n) is 11.3. The van der Waals surface area contributed by atoms with E-state index in [1.807, 2.05) is 42.5 Å². The maximum atomic E-state index is 12.1. The summed E-state index contributed by atoms with van der Waals surface area (Å²) in [7, 11) is 0. The van der Waals surface area contributed by atoms with Crippen LogP contribution >= 0.6 is 15.9 Å². The van der Waals surface area contributed by atoms with Gasteiger partial charge >= 0.3 is 0 Å². The molecule has 0 unspecified atom stereocenters. The van der Waals surface area contributed by atoms with E-state index in [2.05, 4.69) is 21.2 Å². The number of ketones is 1. The number of nitrogens with one attached hydrogen (secondary N) is 1. The second-order valence-electron chi connectivity index (χ2n) is 4.78. The Kier molecular flexibility index (Phi) is 4.06. The van der Waals surface area contributed by atoms with E-state index in [1.54, 1.807) is 12.1 Å². The molecule has 0 bridgehead atoms. The molecule has 1 aliphatic rings. The van der Waals surface area contributed by atoms with Gasteiger partial charge in [0.15, 0.2) is 11.7 Å². The van der Waals surface area contributed by atoms with E-state index in [1.165, 1.54) is 6.08 Å². The van der Waals surface area contributed by atoms with Crippen LogP contribution in [-0.2, 0) is 4.74 Å². The summed E-state index contributed by atoms with van der Waals surface area (Å²) in [6.07, 6.45) is 1.46. The molecule has 3 nitrogen and oxygen atoms in total. The first kappa shape index (κ1) is 13.9. The molecule has 1 aliphatic heterocycles. The SMILES string of the molecule is O=C(/C=C1/NC[C@@H](c2ccccc2)O1)c1ccc(Br)cc1. The van der Waals surface area contributed by atoms with Crippen molar-refractivity contribution in [3.8, 4) is 0 Å². The average molecular weight is 344 g/mol. The number of allylic oxidation sites excluding steroid dienone is 1. The van der Waals surface area contributed by atoms with E-state index in [0.717, 1.165) is 10.0 Å². The minimum atomic E-state index is -0.0706. The van der Waals surface area contributed by atoms with Gasteiger partial charge in [0.2, 0.25) is 0 Å². The zero-order valence-corrected chi connectivity index (χ0v) is 12.8. The van der Waals surface area contributed by atoms with Crippen molar-refractivity contribution in [2.24, 2.45) is 0 Å². The van der Waals surface area contributed by atoms with Crippen molar-refractivity contribution in [2.45, 2.75) is 6.10 Å². The van der Waals surface area contributed by atoms with Crippen molar-refractivity contribution in [2.75, 3.05) is 6.54 Å². The van der Waals surface area contributed by atoms with E-state index in [0.29, 0.717) is 18.0 Å². The first-order valence-electron chi connectivity index (χ1n) is 6.69. The molecule has 0 saturated carbocycles. The number of rotatable bonds is 3. The number of ether oxygens (including phenoxy) is 1. The van der Waals surface area contributed by atoms with Gasteiger partial charge in [0, 0.05) is 16.1 Å². The number of hydrogen-bond acceptors (Lipinski definition) is 3. The van der Waals surface area contributed by atoms with Gasteiger partial charge in [0.1, 0.15) is 6.10 Å². The van der Waals surface area contributed by atoms with E-state index >= 15 is 0 Å².